The molecule has 1 amide bonds. The monoisotopic (exact) mass is 314 g/mol. The Balaban J connectivity index is 2.52. The van der Waals surface area contributed by atoms with E-state index < -0.39 is 18.4 Å². The largest absolute Gasteiger partial charge is 0.507 e. The average Bonchev–Trinajstić information content (AvgIpc) is 2.31. The maximum atomic E-state index is 11.1. The summed E-state index contributed by atoms with van der Waals surface area (Å²) in [6.45, 7) is -0.629. The van der Waals surface area contributed by atoms with Crippen LogP contribution in [0.2, 0.25) is 0 Å². The first-order chi connectivity index (χ1) is 8.49. The summed E-state index contributed by atoms with van der Waals surface area (Å²) in [5.41, 5.74) is 0.468. The normalized spacial score (nSPS) is 10.5. The van der Waals surface area contributed by atoms with Crippen LogP contribution in [0.4, 0.5) is 0 Å². The summed E-state index contributed by atoms with van der Waals surface area (Å²) >= 11 is 3.24. The summed E-state index contributed by atoms with van der Waals surface area (Å²) in [5.74, 6) is -1.56. The molecule has 1 aromatic carbocycles. The van der Waals surface area contributed by atoms with Crippen molar-refractivity contribution in [2.45, 2.75) is 0 Å². The van der Waals surface area contributed by atoms with Crippen LogP contribution in [0.1, 0.15) is 5.56 Å². The number of rotatable bonds is 5. The molecule has 0 atom stereocenters. The van der Waals surface area contributed by atoms with E-state index in [-0.39, 0.29) is 12.3 Å². The molecule has 6 nitrogen and oxygen atoms in total. The van der Waals surface area contributed by atoms with E-state index in [0.29, 0.717) is 5.56 Å². The SMILES string of the molecule is O=C(O)CNC(=O)CN=Cc1cc(Br)ccc1O. The zero-order valence-corrected chi connectivity index (χ0v) is 10.8. The second kappa shape index (κ2) is 6.75. The number of carboxylic acid groups (broad SMARTS) is 1. The van der Waals surface area contributed by atoms with Gasteiger partial charge < -0.3 is 15.5 Å². The predicted molar refractivity (Wildman–Crippen MR) is 68.9 cm³/mol. The first-order valence-corrected chi connectivity index (χ1v) is 5.75. The lowest BCUT2D eigenvalue weighted by Crippen LogP contribution is -2.30. The molecule has 0 spiro atoms. The predicted octanol–water partition coefficient (Wildman–Crippen LogP) is 0.774. The van der Waals surface area contributed by atoms with Crippen molar-refractivity contribution in [3.63, 3.8) is 0 Å². The summed E-state index contributed by atoms with van der Waals surface area (Å²) in [7, 11) is 0. The van der Waals surface area contributed by atoms with E-state index in [1.807, 2.05) is 0 Å². The molecule has 3 N–H and O–H groups in total. The number of nitrogens with one attached hydrogen (secondary N) is 1. The highest BCUT2D eigenvalue weighted by Gasteiger charge is 2.02. The number of amides is 1. The Morgan fingerprint density at radius 3 is 2.83 bits per heavy atom. The van der Waals surface area contributed by atoms with Gasteiger partial charge in [-0.25, -0.2) is 0 Å². The average molecular weight is 315 g/mol. The molecular weight excluding hydrogens is 304 g/mol. The van der Waals surface area contributed by atoms with Crippen LogP contribution in [0, 0.1) is 0 Å². The number of phenols is 1. The number of phenolic OH excluding ortho intramolecular Hbond substituents is 1. The maximum absolute atomic E-state index is 11.1. The third kappa shape index (κ3) is 4.96. The first kappa shape index (κ1) is 14.2. The van der Waals surface area contributed by atoms with Crippen LogP contribution < -0.4 is 5.32 Å². The highest BCUT2D eigenvalue weighted by atomic mass is 79.9. The molecule has 96 valence electrons. The summed E-state index contributed by atoms with van der Waals surface area (Å²) < 4.78 is 0.775. The first-order valence-electron chi connectivity index (χ1n) is 4.96. The van der Waals surface area contributed by atoms with Gasteiger partial charge in [-0.1, -0.05) is 15.9 Å². The van der Waals surface area contributed by atoms with Gasteiger partial charge in [0.2, 0.25) is 5.91 Å². The van der Waals surface area contributed by atoms with Crippen molar-refractivity contribution in [2.24, 2.45) is 4.99 Å². The van der Waals surface area contributed by atoms with E-state index >= 15 is 0 Å². The molecule has 0 bridgehead atoms. The molecular formula is C11H11BrN2O4. The molecule has 1 rings (SSSR count). The van der Waals surface area contributed by atoms with Crippen LogP contribution in [0.25, 0.3) is 0 Å². The van der Waals surface area contributed by atoms with E-state index in [0.717, 1.165) is 4.47 Å². The van der Waals surface area contributed by atoms with Crippen LogP contribution in [-0.4, -0.2) is 41.4 Å². The van der Waals surface area contributed by atoms with Crippen molar-refractivity contribution in [2.75, 3.05) is 13.1 Å². The van der Waals surface area contributed by atoms with Gasteiger partial charge in [0, 0.05) is 16.3 Å². The second-order valence-electron chi connectivity index (χ2n) is 3.34. The van der Waals surface area contributed by atoms with Gasteiger partial charge in [-0.3, -0.25) is 14.6 Å². The Morgan fingerprint density at radius 1 is 1.44 bits per heavy atom. The maximum Gasteiger partial charge on any atom is 0.322 e. The number of hydrogen-bond donors (Lipinski definition) is 3. The number of carbonyl (C=O) groups is 2. The number of nitrogens with zero attached hydrogens (tertiary/aromatic N) is 1. The Kier molecular flexibility index (Phi) is 5.31. The van der Waals surface area contributed by atoms with Crippen molar-refractivity contribution in [1.29, 1.82) is 0 Å². The van der Waals surface area contributed by atoms with Crippen LogP contribution in [-0.2, 0) is 9.59 Å². The number of halogens is 1. The van der Waals surface area contributed by atoms with E-state index in [2.05, 4.69) is 26.2 Å². The number of carboxylic acids is 1. The number of aromatic hydroxyl groups is 1. The zero-order valence-electron chi connectivity index (χ0n) is 9.26. The Morgan fingerprint density at radius 2 is 2.17 bits per heavy atom. The quantitative estimate of drug-likeness (QED) is 0.699. The van der Waals surface area contributed by atoms with E-state index in [1.165, 1.54) is 12.3 Å². The van der Waals surface area contributed by atoms with E-state index in [4.69, 9.17) is 5.11 Å². The standard InChI is InChI=1S/C11H11BrN2O4/c12-8-1-2-9(15)7(3-8)4-13-5-10(16)14-6-11(17)18/h1-4,15H,5-6H2,(H,14,16)(H,17,18). The Labute approximate surface area is 111 Å². The Bertz CT molecular complexity index is 488. The molecule has 18 heavy (non-hydrogen) atoms. The molecule has 0 radical (unpaired) electrons. The lowest BCUT2D eigenvalue weighted by atomic mass is 10.2. The highest BCUT2D eigenvalue weighted by Crippen LogP contribution is 2.19. The molecule has 7 heteroatoms. The fourth-order valence-electron chi connectivity index (χ4n) is 1.09. The molecule has 0 aliphatic carbocycles. The van der Waals surface area contributed by atoms with Crippen molar-refractivity contribution < 1.29 is 19.8 Å². The van der Waals surface area contributed by atoms with Gasteiger partial charge >= 0.3 is 5.97 Å². The van der Waals surface area contributed by atoms with Crippen molar-refractivity contribution in [3.8, 4) is 5.75 Å². The molecule has 0 saturated heterocycles. The van der Waals surface area contributed by atoms with Crippen molar-refractivity contribution in [3.05, 3.63) is 28.2 Å². The van der Waals surface area contributed by atoms with Gasteiger partial charge in [0.05, 0.1) is 0 Å². The number of hydrogen-bond acceptors (Lipinski definition) is 4. The Hall–Kier alpha value is -1.89. The number of aliphatic carboxylic acids is 1. The number of carbonyl (C=O) groups excluding carboxylic acids is 1. The van der Waals surface area contributed by atoms with Gasteiger partial charge in [0.25, 0.3) is 0 Å². The van der Waals surface area contributed by atoms with Crippen LogP contribution >= 0.6 is 15.9 Å². The minimum absolute atomic E-state index is 0.0490. The van der Waals surface area contributed by atoms with Crippen LogP contribution in [0.15, 0.2) is 27.7 Å². The van der Waals surface area contributed by atoms with Gasteiger partial charge in [-0.15, -0.1) is 0 Å². The lowest BCUT2D eigenvalue weighted by Gasteiger charge is -2.00. The fourth-order valence-corrected chi connectivity index (χ4v) is 1.46. The van der Waals surface area contributed by atoms with Gasteiger partial charge in [0.1, 0.15) is 18.8 Å². The van der Waals surface area contributed by atoms with E-state index in [9.17, 15) is 14.7 Å². The molecule has 0 unspecified atom stereocenters. The highest BCUT2D eigenvalue weighted by molar-refractivity contribution is 9.10. The third-order valence-electron chi connectivity index (χ3n) is 1.89. The van der Waals surface area contributed by atoms with Gasteiger partial charge in [-0.2, -0.15) is 0 Å². The van der Waals surface area contributed by atoms with Gasteiger partial charge in [0.15, 0.2) is 0 Å². The van der Waals surface area contributed by atoms with Crippen LogP contribution in [0.5, 0.6) is 5.75 Å². The van der Waals surface area contributed by atoms with Crippen molar-refractivity contribution >= 4 is 34.0 Å². The summed E-state index contributed by atoms with van der Waals surface area (Å²) in [5, 5.41) is 20.0. The summed E-state index contributed by atoms with van der Waals surface area (Å²) in [6, 6.07) is 4.82. The molecule has 0 fully saturated rings. The lowest BCUT2D eigenvalue weighted by molar-refractivity contribution is -0.137. The number of benzene rings is 1. The van der Waals surface area contributed by atoms with Crippen molar-refractivity contribution in [1.82, 2.24) is 5.32 Å². The van der Waals surface area contributed by atoms with Crippen LogP contribution in [0.3, 0.4) is 0 Å². The second-order valence-corrected chi connectivity index (χ2v) is 4.26. The number of aliphatic imine (C=N–C) groups is 1. The molecule has 0 saturated carbocycles. The molecule has 1 aromatic rings. The summed E-state index contributed by atoms with van der Waals surface area (Å²) in [4.78, 5) is 25.1. The topological polar surface area (TPSA) is 99.0 Å². The molecule has 0 aromatic heterocycles. The van der Waals surface area contributed by atoms with E-state index in [1.54, 1.807) is 12.1 Å². The molecule has 0 aliphatic rings. The smallest absolute Gasteiger partial charge is 0.322 e. The summed E-state index contributed by atoms with van der Waals surface area (Å²) in [6.07, 6.45) is 1.35. The minimum Gasteiger partial charge on any atom is -0.507 e. The third-order valence-corrected chi connectivity index (χ3v) is 2.38. The zero-order chi connectivity index (χ0) is 13.5. The molecule has 0 aliphatic heterocycles. The minimum atomic E-state index is -1.11. The molecule has 0 heterocycles. The fraction of sp³-hybridized carbons (Fsp3) is 0.182. The van der Waals surface area contributed by atoms with Gasteiger partial charge in [-0.05, 0) is 18.2 Å².